The summed E-state index contributed by atoms with van der Waals surface area (Å²) in [6.45, 7) is 1.86. The second kappa shape index (κ2) is 7.68. The van der Waals surface area contributed by atoms with Crippen LogP contribution in [0.2, 0.25) is 0 Å². The Labute approximate surface area is 155 Å². The highest BCUT2D eigenvalue weighted by atomic mass is 32.2. The molecule has 1 atom stereocenters. The Balaban J connectivity index is 1.83. The number of hydrogen-bond acceptors (Lipinski definition) is 4. The van der Waals surface area contributed by atoms with Crippen molar-refractivity contribution in [1.29, 1.82) is 0 Å². The first-order valence-electron chi connectivity index (χ1n) is 8.80. The zero-order chi connectivity index (χ0) is 18.7. The summed E-state index contributed by atoms with van der Waals surface area (Å²) >= 11 is 0. The molecule has 2 aromatic carbocycles. The SMILES string of the molecule is COc1ccc(S(=O)(=O)NC(C)c2ccc3c(c2)CCCC3)cc1OC. The fourth-order valence-corrected chi connectivity index (χ4v) is 4.62. The maximum Gasteiger partial charge on any atom is 0.241 e. The Bertz CT molecular complexity index is 893. The van der Waals surface area contributed by atoms with E-state index in [1.165, 1.54) is 50.3 Å². The first kappa shape index (κ1) is 18.7. The fourth-order valence-electron chi connectivity index (χ4n) is 3.38. The summed E-state index contributed by atoms with van der Waals surface area (Å²) in [5.74, 6) is 0.881. The smallest absolute Gasteiger partial charge is 0.241 e. The Kier molecular flexibility index (Phi) is 5.53. The van der Waals surface area contributed by atoms with E-state index < -0.39 is 10.0 Å². The first-order valence-corrected chi connectivity index (χ1v) is 10.3. The van der Waals surface area contributed by atoms with Crippen LogP contribution < -0.4 is 14.2 Å². The Morgan fingerprint density at radius 1 is 0.923 bits per heavy atom. The zero-order valence-corrected chi connectivity index (χ0v) is 16.2. The number of sulfonamides is 1. The quantitative estimate of drug-likeness (QED) is 0.837. The van der Waals surface area contributed by atoms with Crippen LogP contribution >= 0.6 is 0 Å². The van der Waals surface area contributed by atoms with E-state index in [-0.39, 0.29) is 10.9 Å². The predicted molar refractivity (Wildman–Crippen MR) is 101 cm³/mol. The number of rotatable bonds is 6. The fraction of sp³-hybridized carbons (Fsp3) is 0.400. The highest BCUT2D eigenvalue weighted by Crippen LogP contribution is 2.30. The van der Waals surface area contributed by atoms with Gasteiger partial charge in [-0.3, -0.25) is 0 Å². The number of benzene rings is 2. The lowest BCUT2D eigenvalue weighted by molar-refractivity contribution is 0.354. The lowest BCUT2D eigenvalue weighted by Crippen LogP contribution is -2.27. The molecular formula is C20H25NO4S. The van der Waals surface area contributed by atoms with Gasteiger partial charge in [0, 0.05) is 12.1 Å². The molecule has 0 saturated carbocycles. The summed E-state index contributed by atoms with van der Waals surface area (Å²) in [7, 11) is -0.672. The standard InChI is InChI=1S/C20H25NO4S/c1-14(16-9-8-15-6-4-5-7-17(15)12-16)21-26(22,23)18-10-11-19(24-2)20(13-18)25-3/h8-14,21H,4-7H2,1-3H3. The van der Waals surface area contributed by atoms with Gasteiger partial charge in [-0.1, -0.05) is 18.2 Å². The van der Waals surface area contributed by atoms with Crippen LogP contribution in [0, 0.1) is 0 Å². The van der Waals surface area contributed by atoms with Gasteiger partial charge < -0.3 is 9.47 Å². The van der Waals surface area contributed by atoms with Crippen molar-refractivity contribution in [3.63, 3.8) is 0 Å². The van der Waals surface area contributed by atoms with Gasteiger partial charge in [0.05, 0.1) is 19.1 Å². The van der Waals surface area contributed by atoms with E-state index in [4.69, 9.17) is 9.47 Å². The second-order valence-corrected chi connectivity index (χ2v) is 8.31. The largest absolute Gasteiger partial charge is 0.493 e. The molecule has 1 aliphatic rings. The molecule has 0 bridgehead atoms. The Morgan fingerprint density at radius 2 is 1.62 bits per heavy atom. The molecule has 26 heavy (non-hydrogen) atoms. The van der Waals surface area contributed by atoms with E-state index in [0.717, 1.165) is 18.4 Å². The third-order valence-corrected chi connectivity index (χ3v) is 6.41. The normalized spacial score (nSPS) is 15.2. The average molecular weight is 375 g/mol. The first-order chi connectivity index (χ1) is 12.4. The lowest BCUT2D eigenvalue weighted by atomic mass is 9.89. The zero-order valence-electron chi connectivity index (χ0n) is 15.4. The summed E-state index contributed by atoms with van der Waals surface area (Å²) in [6, 6.07) is 10.6. The summed E-state index contributed by atoms with van der Waals surface area (Å²) in [4.78, 5) is 0.153. The van der Waals surface area contributed by atoms with Gasteiger partial charge in [0.25, 0.3) is 0 Å². The molecule has 1 N–H and O–H groups in total. The minimum Gasteiger partial charge on any atom is -0.493 e. The third-order valence-electron chi connectivity index (χ3n) is 4.87. The number of fused-ring (bicyclic) bond motifs is 1. The number of aryl methyl sites for hydroxylation is 2. The lowest BCUT2D eigenvalue weighted by Gasteiger charge is -2.20. The molecule has 0 spiro atoms. The molecule has 140 valence electrons. The molecule has 0 radical (unpaired) electrons. The highest BCUT2D eigenvalue weighted by Gasteiger charge is 2.21. The molecule has 0 aliphatic heterocycles. The van der Waals surface area contributed by atoms with Crippen LogP contribution in [0.15, 0.2) is 41.3 Å². The van der Waals surface area contributed by atoms with Gasteiger partial charge in [0.15, 0.2) is 11.5 Å². The molecule has 1 unspecified atom stereocenters. The summed E-state index contributed by atoms with van der Waals surface area (Å²) < 4.78 is 38.7. The molecule has 0 heterocycles. The topological polar surface area (TPSA) is 64.6 Å². The molecule has 0 amide bonds. The van der Waals surface area contributed by atoms with Crippen molar-refractivity contribution >= 4 is 10.0 Å². The van der Waals surface area contributed by atoms with Crippen LogP contribution in [0.3, 0.4) is 0 Å². The van der Waals surface area contributed by atoms with Crippen molar-refractivity contribution < 1.29 is 17.9 Å². The van der Waals surface area contributed by atoms with E-state index in [2.05, 4.69) is 16.9 Å². The van der Waals surface area contributed by atoms with Gasteiger partial charge in [-0.05, 0) is 61.4 Å². The molecule has 0 aromatic heterocycles. The van der Waals surface area contributed by atoms with Gasteiger partial charge in [-0.2, -0.15) is 0 Å². The van der Waals surface area contributed by atoms with E-state index >= 15 is 0 Å². The summed E-state index contributed by atoms with van der Waals surface area (Å²) in [6.07, 6.45) is 4.61. The van der Waals surface area contributed by atoms with Crippen molar-refractivity contribution in [2.45, 2.75) is 43.5 Å². The maximum absolute atomic E-state index is 12.8. The molecule has 1 aliphatic carbocycles. The van der Waals surface area contributed by atoms with Crippen molar-refractivity contribution in [2.24, 2.45) is 0 Å². The van der Waals surface area contributed by atoms with Crippen molar-refractivity contribution in [2.75, 3.05) is 14.2 Å². The van der Waals surface area contributed by atoms with Crippen LogP contribution in [-0.2, 0) is 22.9 Å². The average Bonchev–Trinajstić information content (AvgIpc) is 2.66. The Morgan fingerprint density at radius 3 is 2.31 bits per heavy atom. The minimum absolute atomic E-state index is 0.153. The van der Waals surface area contributed by atoms with Gasteiger partial charge in [0.2, 0.25) is 10.0 Å². The third kappa shape index (κ3) is 3.86. The molecule has 5 nitrogen and oxygen atoms in total. The van der Waals surface area contributed by atoms with Gasteiger partial charge in [-0.15, -0.1) is 0 Å². The summed E-state index contributed by atoms with van der Waals surface area (Å²) in [5.41, 5.74) is 3.70. The summed E-state index contributed by atoms with van der Waals surface area (Å²) in [5, 5.41) is 0. The van der Waals surface area contributed by atoms with Gasteiger partial charge in [0.1, 0.15) is 0 Å². The van der Waals surface area contributed by atoms with Gasteiger partial charge in [-0.25, -0.2) is 13.1 Å². The van der Waals surface area contributed by atoms with Crippen LogP contribution in [0.25, 0.3) is 0 Å². The monoisotopic (exact) mass is 375 g/mol. The molecule has 2 aromatic rings. The van der Waals surface area contributed by atoms with E-state index in [1.807, 2.05) is 13.0 Å². The Hall–Kier alpha value is -2.05. The molecule has 0 fully saturated rings. The molecule has 6 heteroatoms. The number of methoxy groups -OCH3 is 2. The van der Waals surface area contributed by atoms with Crippen molar-refractivity contribution in [3.05, 3.63) is 53.1 Å². The van der Waals surface area contributed by atoms with E-state index in [1.54, 1.807) is 6.07 Å². The highest BCUT2D eigenvalue weighted by molar-refractivity contribution is 7.89. The van der Waals surface area contributed by atoms with E-state index in [9.17, 15) is 8.42 Å². The maximum atomic E-state index is 12.8. The van der Waals surface area contributed by atoms with Gasteiger partial charge >= 0.3 is 0 Å². The number of ether oxygens (including phenoxy) is 2. The van der Waals surface area contributed by atoms with Crippen LogP contribution in [0.4, 0.5) is 0 Å². The van der Waals surface area contributed by atoms with Crippen LogP contribution in [-0.4, -0.2) is 22.6 Å². The molecular weight excluding hydrogens is 350 g/mol. The number of nitrogens with one attached hydrogen (secondary N) is 1. The number of hydrogen-bond donors (Lipinski definition) is 1. The van der Waals surface area contributed by atoms with Crippen molar-refractivity contribution in [3.8, 4) is 11.5 Å². The van der Waals surface area contributed by atoms with Crippen LogP contribution in [0.5, 0.6) is 11.5 Å². The van der Waals surface area contributed by atoms with Crippen LogP contribution in [0.1, 0.15) is 42.5 Å². The predicted octanol–water partition coefficient (Wildman–Crippen LogP) is 3.62. The second-order valence-electron chi connectivity index (χ2n) is 6.60. The van der Waals surface area contributed by atoms with Crippen molar-refractivity contribution in [1.82, 2.24) is 4.72 Å². The van der Waals surface area contributed by atoms with E-state index in [0.29, 0.717) is 11.5 Å². The molecule has 0 saturated heterocycles. The minimum atomic E-state index is -3.67. The molecule has 3 rings (SSSR count).